The molecule has 3 rings (SSSR count). The number of aryl methyl sites for hydroxylation is 2. The molecule has 0 spiro atoms. The monoisotopic (exact) mass is 275 g/mol. The van der Waals surface area contributed by atoms with E-state index in [2.05, 4.69) is 48.2 Å². The molecule has 0 atom stereocenters. The molecule has 3 nitrogen and oxygen atoms in total. The van der Waals surface area contributed by atoms with Crippen molar-refractivity contribution in [3.05, 3.63) is 35.5 Å². The summed E-state index contributed by atoms with van der Waals surface area (Å²) < 4.78 is 2.99. The highest BCUT2D eigenvalue weighted by Crippen LogP contribution is 2.29. The van der Waals surface area contributed by atoms with Gasteiger partial charge in [0.05, 0.1) is 11.4 Å². The van der Waals surface area contributed by atoms with E-state index in [1.807, 2.05) is 10.8 Å². The predicted octanol–water partition coefficient (Wildman–Crippen LogP) is 3.80. The lowest BCUT2D eigenvalue weighted by Crippen LogP contribution is -1.88. The molecule has 0 N–H and O–H groups in total. The summed E-state index contributed by atoms with van der Waals surface area (Å²) in [5.41, 5.74) is 4.55. The molecule has 0 aliphatic heterocycles. The van der Waals surface area contributed by atoms with E-state index in [9.17, 15) is 0 Å². The van der Waals surface area contributed by atoms with Crippen molar-refractivity contribution < 1.29 is 0 Å². The van der Waals surface area contributed by atoms with Gasteiger partial charge in [0.25, 0.3) is 0 Å². The van der Waals surface area contributed by atoms with E-state index in [1.54, 1.807) is 23.1 Å². The third-order valence-corrected chi connectivity index (χ3v) is 4.79. The van der Waals surface area contributed by atoms with Crippen LogP contribution in [0.4, 0.5) is 0 Å². The molecule has 0 saturated heterocycles. The van der Waals surface area contributed by atoms with Gasteiger partial charge in [-0.25, -0.2) is 9.50 Å². The van der Waals surface area contributed by atoms with Crippen LogP contribution in [-0.2, 0) is 0 Å². The Bertz CT molecular complexity index is 695. The van der Waals surface area contributed by atoms with Gasteiger partial charge >= 0.3 is 0 Å². The maximum atomic E-state index is 4.69. The molecule has 3 aromatic rings. The topological polar surface area (TPSA) is 30.2 Å². The summed E-state index contributed by atoms with van der Waals surface area (Å²) in [4.78, 5) is 5.65. The molecule has 2 heterocycles. The van der Waals surface area contributed by atoms with Gasteiger partial charge in [0.2, 0.25) is 4.96 Å². The van der Waals surface area contributed by atoms with Gasteiger partial charge in [-0.15, -0.1) is 5.10 Å². The molecule has 92 valence electrons. The standard InChI is InChI=1S/C13H13N3S2/c1-8-4-6-10(7-5-8)11-9(2)16-12(14-11)18-13(15-16)17-3/h4-7H,1-3H3. The summed E-state index contributed by atoms with van der Waals surface area (Å²) in [5.74, 6) is 0. The molecular weight excluding hydrogens is 262 g/mol. The van der Waals surface area contributed by atoms with Crippen LogP contribution < -0.4 is 0 Å². The number of aromatic nitrogens is 3. The minimum Gasteiger partial charge on any atom is -0.217 e. The summed E-state index contributed by atoms with van der Waals surface area (Å²) in [6, 6.07) is 8.46. The minimum atomic E-state index is 0.965. The molecule has 0 saturated carbocycles. The van der Waals surface area contributed by atoms with Crippen LogP contribution in [-0.4, -0.2) is 20.9 Å². The maximum absolute atomic E-state index is 4.69. The number of rotatable bonds is 2. The molecule has 2 aromatic heterocycles. The molecule has 0 fully saturated rings. The lowest BCUT2D eigenvalue weighted by atomic mass is 10.1. The Morgan fingerprint density at radius 1 is 1.17 bits per heavy atom. The second-order valence-electron chi connectivity index (χ2n) is 4.18. The van der Waals surface area contributed by atoms with Crippen LogP contribution in [0.3, 0.4) is 0 Å². The van der Waals surface area contributed by atoms with Crippen LogP contribution in [0.1, 0.15) is 11.3 Å². The normalized spacial score (nSPS) is 11.3. The Morgan fingerprint density at radius 2 is 1.89 bits per heavy atom. The number of benzene rings is 1. The van der Waals surface area contributed by atoms with Crippen molar-refractivity contribution in [3.8, 4) is 11.3 Å². The SMILES string of the molecule is CSc1nn2c(C)c(-c3ccc(C)cc3)nc2s1. The minimum absolute atomic E-state index is 0.965. The summed E-state index contributed by atoms with van der Waals surface area (Å²) >= 11 is 3.29. The second kappa shape index (κ2) is 4.40. The lowest BCUT2D eigenvalue weighted by Gasteiger charge is -1.99. The van der Waals surface area contributed by atoms with Crippen molar-refractivity contribution in [2.24, 2.45) is 0 Å². The Hall–Kier alpha value is -1.33. The Labute approximate surface area is 114 Å². The predicted molar refractivity (Wildman–Crippen MR) is 77.6 cm³/mol. The fraction of sp³-hybridized carbons (Fsp3) is 0.231. The third kappa shape index (κ3) is 1.83. The van der Waals surface area contributed by atoms with Gasteiger partial charge in [-0.05, 0) is 20.1 Å². The summed E-state index contributed by atoms with van der Waals surface area (Å²) in [7, 11) is 0. The largest absolute Gasteiger partial charge is 0.217 e. The number of imidazole rings is 1. The molecule has 0 bridgehead atoms. The van der Waals surface area contributed by atoms with E-state index in [4.69, 9.17) is 0 Å². The van der Waals surface area contributed by atoms with Crippen LogP contribution >= 0.6 is 23.1 Å². The van der Waals surface area contributed by atoms with Gasteiger partial charge in [0, 0.05) is 5.56 Å². The van der Waals surface area contributed by atoms with Gasteiger partial charge in [-0.1, -0.05) is 52.9 Å². The average molecular weight is 275 g/mol. The molecule has 18 heavy (non-hydrogen) atoms. The van der Waals surface area contributed by atoms with E-state index >= 15 is 0 Å². The van der Waals surface area contributed by atoms with E-state index < -0.39 is 0 Å². The number of thioether (sulfide) groups is 1. The number of nitrogens with zero attached hydrogens (tertiary/aromatic N) is 3. The Kier molecular flexibility index (Phi) is 2.87. The molecule has 1 aromatic carbocycles. The van der Waals surface area contributed by atoms with Crippen LogP contribution in [0.15, 0.2) is 28.6 Å². The second-order valence-corrected chi connectivity index (χ2v) is 6.19. The zero-order valence-corrected chi connectivity index (χ0v) is 12.1. The average Bonchev–Trinajstić information content (AvgIpc) is 2.90. The Morgan fingerprint density at radius 3 is 2.50 bits per heavy atom. The third-order valence-electron chi connectivity index (χ3n) is 2.91. The van der Waals surface area contributed by atoms with E-state index in [1.165, 1.54) is 5.56 Å². The van der Waals surface area contributed by atoms with Gasteiger partial charge in [-0.2, -0.15) is 0 Å². The number of hydrogen-bond donors (Lipinski definition) is 0. The highest BCUT2D eigenvalue weighted by Gasteiger charge is 2.14. The molecule has 5 heteroatoms. The van der Waals surface area contributed by atoms with Crippen molar-refractivity contribution in [1.82, 2.24) is 14.6 Å². The first-order valence-corrected chi connectivity index (χ1v) is 7.70. The lowest BCUT2D eigenvalue weighted by molar-refractivity contribution is 0.883. The quantitative estimate of drug-likeness (QED) is 0.666. The fourth-order valence-corrected chi connectivity index (χ4v) is 3.30. The fourth-order valence-electron chi connectivity index (χ4n) is 1.90. The maximum Gasteiger partial charge on any atom is 0.213 e. The first-order chi connectivity index (χ1) is 8.69. The van der Waals surface area contributed by atoms with Crippen molar-refractivity contribution in [2.75, 3.05) is 6.26 Å². The number of hydrogen-bond acceptors (Lipinski definition) is 4. The molecule has 0 aliphatic carbocycles. The molecule has 0 radical (unpaired) electrons. The van der Waals surface area contributed by atoms with Crippen molar-refractivity contribution in [1.29, 1.82) is 0 Å². The van der Waals surface area contributed by atoms with Crippen LogP contribution in [0.2, 0.25) is 0 Å². The highest BCUT2D eigenvalue weighted by molar-refractivity contribution is 8.00. The van der Waals surface area contributed by atoms with Gasteiger partial charge in [0.15, 0.2) is 4.34 Å². The van der Waals surface area contributed by atoms with E-state index in [-0.39, 0.29) is 0 Å². The van der Waals surface area contributed by atoms with Gasteiger partial charge < -0.3 is 0 Å². The molecule has 0 unspecified atom stereocenters. The summed E-state index contributed by atoms with van der Waals surface area (Å²) in [6.45, 7) is 4.16. The summed E-state index contributed by atoms with van der Waals surface area (Å²) in [6.07, 6.45) is 2.04. The van der Waals surface area contributed by atoms with Crippen LogP contribution in [0.25, 0.3) is 16.2 Å². The smallest absolute Gasteiger partial charge is 0.213 e. The van der Waals surface area contributed by atoms with Crippen LogP contribution in [0.5, 0.6) is 0 Å². The first kappa shape index (κ1) is 11.7. The first-order valence-electron chi connectivity index (χ1n) is 5.66. The number of fused-ring (bicyclic) bond motifs is 1. The highest BCUT2D eigenvalue weighted by atomic mass is 32.2. The van der Waals surface area contributed by atoms with Gasteiger partial charge in [-0.3, -0.25) is 0 Å². The molecule has 0 amide bonds. The summed E-state index contributed by atoms with van der Waals surface area (Å²) in [5, 5.41) is 4.53. The molecule has 0 aliphatic rings. The van der Waals surface area contributed by atoms with Crippen LogP contribution in [0, 0.1) is 13.8 Å². The van der Waals surface area contributed by atoms with E-state index in [0.717, 1.165) is 26.3 Å². The van der Waals surface area contributed by atoms with E-state index in [0.29, 0.717) is 0 Å². The van der Waals surface area contributed by atoms with Crippen molar-refractivity contribution >= 4 is 28.1 Å². The van der Waals surface area contributed by atoms with Crippen molar-refractivity contribution in [2.45, 2.75) is 18.2 Å². The zero-order valence-electron chi connectivity index (χ0n) is 10.5. The molecular formula is C13H13N3S2. The zero-order chi connectivity index (χ0) is 12.7. The Balaban J connectivity index is 2.15. The van der Waals surface area contributed by atoms with Crippen molar-refractivity contribution in [3.63, 3.8) is 0 Å². The van der Waals surface area contributed by atoms with Gasteiger partial charge in [0.1, 0.15) is 0 Å².